The minimum atomic E-state index is -3.79. The lowest BCUT2D eigenvalue weighted by Gasteiger charge is -2.20. The van der Waals surface area contributed by atoms with Crippen LogP contribution in [0.4, 0.5) is 5.69 Å². The van der Waals surface area contributed by atoms with Crippen LogP contribution >= 0.6 is 0 Å². The molecule has 3 aromatic carbocycles. The monoisotopic (exact) mass is 422 g/mol. The molecule has 156 valence electrons. The molecule has 0 bridgehead atoms. The van der Waals surface area contributed by atoms with Gasteiger partial charge in [-0.25, -0.2) is 8.42 Å². The van der Waals surface area contributed by atoms with Crippen LogP contribution in [0.5, 0.6) is 0 Å². The Morgan fingerprint density at radius 3 is 2.27 bits per heavy atom. The van der Waals surface area contributed by atoms with Crippen LogP contribution in [-0.4, -0.2) is 21.4 Å². The van der Waals surface area contributed by atoms with Crippen molar-refractivity contribution in [3.63, 3.8) is 0 Å². The van der Waals surface area contributed by atoms with E-state index in [4.69, 9.17) is 0 Å². The molecule has 5 nitrogen and oxygen atoms in total. The maximum atomic E-state index is 13.1. The van der Waals surface area contributed by atoms with Crippen molar-refractivity contribution < 1.29 is 13.2 Å². The molecule has 6 heteroatoms. The third-order valence-electron chi connectivity index (χ3n) is 5.15. The van der Waals surface area contributed by atoms with Crippen molar-refractivity contribution in [3.8, 4) is 0 Å². The number of nitrogens with zero attached hydrogens (tertiary/aromatic N) is 1. The van der Waals surface area contributed by atoms with Crippen LogP contribution in [0.3, 0.4) is 0 Å². The number of aryl methyl sites for hydroxylation is 2. The van der Waals surface area contributed by atoms with E-state index in [-0.39, 0.29) is 16.8 Å². The van der Waals surface area contributed by atoms with Crippen molar-refractivity contribution >= 4 is 21.6 Å². The minimum Gasteiger partial charge on any atom is -0.346 e. The van der Waals surface area contributed by atoms with Crippen LogP contribution in [0.25, 0.3) is 0 Å². The fourth-order valence-electron chi connectivity index (χ4n) is 3.28. The first-order chi connectivity index (χ1) is 14.2. The molecule has 0 spiro atoms. The zero-order valence-corrected chi connectivity index (χ0v) is 18.4. The van der Waals surface area contributed by atoms with E-state index >= 15 is 0 Å². The molecule has 0 saturated heterocycles. The molecule has 0 aliphatic rings. The van der Waals surface area contributed by atoms with Crippen LogP contribution < -0.4 is 9.62 Å². The van der Waals surface area contributed by atoms with Crippen molar-refractivity contribution in [2.75, 3.05) is 11.4 Å². The summed E-state index contributed by atoms with van der Waals surface area (Å²) in [6.07, 6.45) is 0. The molecule has 0 fully saturated rings. The van der Waals surface area contributed by atoms with E-state index in [0.717, 1.165) is 16.7 Å². The molecule has 0 aliphatic heterocycles. The lowest BCUT2D eigenvalue weighted by atomic mass is 10.0. The molecule has 0 heterocycles. The highest BCUT2D eigenvalue weighted by Crippen LogP contribution is 2.23. The van der Waals surface area contributed by atoms with E-state index in [1.165, 1.54) is 23.5 Å². The summed E-state index contributed by atoms with van der Waals surface area (Å²) < 4.78 is 27.4. The smallest absolute Gasteiger partial charge is 0.264 e. The molecular weight excluding hydrogens is 396 g/mol. The Kier molecular flexibility index (Phi) is 6.27. The number of benzene rings is 3. The minimum absolute atomic E-state index is 0.0711. The van der Waals surface area contributed by atoms with Gasteiger partial charge in [0.2, 0.25) is 0 Å². The van der Waals surface area contributed by atoms with Gasteiger partial charge < -0.3 is 5.32 Å². The van der Waals surface area contributed by atoms with Gasteiger partial charge >= 0.3 is 0 Å². The van der Waals surface area contributed by atoms with Crippen molar-refractivity contribution in [3.05, 3.63) is 95.1 Å². The van der Waals surface area contributed by atoms with Crippen molar-refractivity contribution in [2.45, 2.75) is 31.7 Å². The number of sulfonamides is 1. The average molecular weight is 423 g/mol. The van der Waals surface area contributed by atoms with E-state index in [0.29, 0.717) is 11.3 Å². The zero-order chi connectivity index (χ0) is 21.9. The number of hydrogen-bond donors (Lipinski definition) is 1. The van der Waals surface area contributed by atoms with Crippen LogP contribution in [0.2, 0.25) is 0 Å². The second-order valence-corrected chi connectivity index (χ2v) is 9.36. The lowest BCUT2D eigenvalue weighted by molar-refractivity contribution is 0.0939. The Bertz CT molecular complexity index is 1160. The van der Waals surface area contributed by atoms with Gasteiger partial charge in [0.15, 0.2) is 0 Å². The van der Waals surface area contributed by atoms with E-state index in [1.54, 1.807) is 24.3 Å². The Labute approximate surface area is 178 Å². The van der Waals surface area contributed by atoms with Gasteiger partial charge in [-0.05, 0) is 62.2 Å². The first kappa shape index (κ1) is 21.6. The molecule has 0 radical (unpaired) electrons. The highest BCUT2D eigenvalue weighted by atomic mass is 32.2. The number of carbonyl (C=O) groups is 1. The molecule has 0 aromatic heterocycles. The first-order valence-electron chi connectivity index (χ1n) is 9.72. The number of amides is 1. The predicted molar refractivity (Wildman–Crippen MR) is 120 cm³/mol. The van der Waals surface area contributed by atoms with Crippen molar-refractivity contribution in [1.29, 1.82) is 0 Å². The quantitative estimate of drug-likeness (QED) is 0.630. The summed E-state index contributed by atoms with van der Waals surface area (Å²) >= 11 is 0. The summed E-state index contributed by atoms with van der Waals surface area (Å²) in [6.45, 7) is 5.84. The first-order valence-corrected chi connectivity index (χ1v) is 11.2. The summed E-state index contributed by atoms with van der Waals surface area (Å²) in [5.74, 6) is -0.319. The standard InChI is InChI=1S/C24H26N2O3S/c1-17-12-14-21(15-13-17)26(4)30(28,29)22-10-7-9-20(16-22)24(27)25-19(3)23-11-6-5-8-18(23)2/h5-16,19H,1-4H3,(H,25,27). The van der Waals surface area contributed by atoms with Gasteiger partial charge in [0.25, 0.3) is 15.9 Å². The molecule has 0 aliphatic carbocycles. The van der Waals surface area contributed by atoms with Gasteiger partial charge in [-0.2, -0.15) is 0 Å². The molecule has 30 heavy (non-hydrogen) atoms. The lowest BCUT2D eigenvalue weighted by Crippen LogP contribution is -2.29. The number of rotatable bonds is 6. The normalized spacial score (nSPS) is 12.3. The largest absolute Gasteiger partial charge is 0.346 e. The van der Waals surface area contributed by atoms with Gasteiger partial charge in [-0.1, -0.05) is 48.0 Å². The van der Waals surface area contributed by atoms with E-state index in [9.17, 15) is 13.2 Å². The molecule has 1 amide bonds. The van der Waals surface area contributed by atoms with E-state index < -0.39 is 10.0 Å². The summed E-state index contributed by atoms with van der Waals surface area (Å²) in [7, 11) is -2.29. The SMILES string of the molecule is Cc1ccc(N(C)S(=O)(=O)c2cccc(C(=O)NC(C)c3ccccc3C)c2)cc1. The Morgan fingerprint density at radius 2 is 1.60 bits per heavy atom. The highest BCUT2D eigenvalue weighted by Gasteiger charge is 2.23. The number of hydrogen-bond acceptors (Lipinski definition) is 3. The van der Waals surface area contributed by atoms with Gasteiger partial charge in [-0.3, -0.25) is 9.10 Å². The Hall–Kier alpha value is -3.12. The maximum absolute atomic E-state index is 13.1. The summed E-state index contributed by atoms with van der Waals surface area (Å²) in [4.78, 5) is 12.8. The molecular formula is C24H26N2O3S. The average Bonchev–Trinajstić information content (AvgIpc) is 2.74. The van der Waals surface area contributed by atoms with Gasteiger partial charge in [-0.15, -0.1) is 0 Å². The van der Waals surface area contributed by atoms with Crippen LogP contribution in [0, 0.1) is 13.8 Å². The van der Waals surface area contributed by atoms with E-state index in [2.05, 4.69) is 5.32 Å². The summed E-state index contributed by atoms with van der Waals surface area (Å²) in [6, 6.07) is 21.0. The Balaban J connectivity index is 1.83. The molecule has 1 N–H and O–H groups in total. The molecule has 3 aromatic rings. The Morgan fingerprint density at radius 1 is 0.933 bits per heavy atom. The van der Waals surface area contributed by atoms with Crippen LogP contribution in [-0.2, 0) is 10.0 Å². The second-order valence-electron chi connectivity index (χ2n) is 7.39. The molecule has 3 rings (SSSR count). The van der Waals surface area contributed by atoms with Crippen LogP contribution in [0.1, 0.15) is 40.0 Å². The third-order valence-corrected chi connectivity index (χ3v) is 6.94. The van der Waals surface area contributed by atoms with E-state index in [1.807, 2.05) is 57.2 Å². The second kappa shape index (κ2) is 8.71. The number of carbonyl (C=O) groups excluding carboxylic acids is 1. The maximum Gasteiger partial charge on any atom is 0.264 e. The third kappa shape index (κ3) is 4.54. The van der Waals surface area contributed by atoms with Gasteiger partial charge in [0.05, 0.1) is 16.6 Å². The molecule has 0 saturated carbocycles. The highest BCUT2D eigenvalue weighted by molar-refractivity contribution is 7.92. The van der Waals surface area contributed by atoms with Gasteiger partial charge in [0, 0.05) is 12.6 Å². The zero-order valence-electron chi connectivity index (χ0n) is 17.6. The van der Waals surface area contributed by atoms with Crippen molar-refractivity contribution in [2.24, 2.45) is 0 Å². The summed E-state index contributed by atoms with van der Waals surface area (Å²) in [5, 5.41) is 2.95. The molecule has 1 atom stereocenters. The predicted octanol–water partition coefficient (Wildman–Crippen LogP) is 4.62. The van der Waals surface area contributed by atoms with Crippen LogP contribution in [0.15, 0.2) is 77.7 Å². The number of nitrogens with one attached hydrogen (secondary N) is 1. The fourth-order valence-corrected chi connectivity index (χ4v) is 4.52. The number of anilines is 1. The fraction of sp³-hybridized carbons (Fsp3) is 0.208. The van der Waals surface area contributed by atoms with Gasteiger partial charge in [0.1, 0.15) is 0 Å². The topological polar surface area (TPSA) is 66.5 Å². The molecule has 1 unspecified atom stereocenters. The van der Waals surface area contributed by atoms with Crippen molar-refractivity contribution in [1.82, 2.24) is 5.32 Å². The summed E-state index contributed by atoms with van der Waals surface area (Å²) in [5.41, 5.74) is 4.01.